The first-order valence-corrected chi connectivity index (χ1v) is 9.66. The van der Waals surface area contributed by atoms with Gasteiger partial charge in [0.1, 0.15) is 5.60 Å². The molecule has 0 radical (unpaired) electrons. The highest BCUT2D eigenvalue weighted by molar-refractivity contribution is 5.79. The molecule has 0 saturated carbocycles. The van der Waals surface area contributed by atoms with Crippen molar-refractivity contribution in [1.29, 1.82) is 0 Å². The Labute approximate surface area is 162 Å². The van der Waals surface area contributed by atoms with E-state index >= 15 is 0 Å². The maximum atomic E-state index is 12.9. The summed E-state index contributed by atoms with van der Waals surface area (Å²) in [6.45, 7) is 10.3. The van der Waals surface area contributed by atoms with E-state index in [1.165, 1.54) is 0 Å². The third kappa shape index (κ3) is 5.70. The van der Waals surface area contributed by atoms with Gasteiger partial charge in [-0.2, -0.15) is 0 Å². The smallest absolute Gasteiger partial charge is 0.410 e. The standard InChI is InChI=1S/C21H32N2O4/c1-6-12-21(13-14-23(15-21)19(25)26-20(3,4)5)18(24)27-22-16(2)17-10-8-7-9-11-17/h7-11,16,22H,6,12-15H2,1-5H3/t16-,21+/m1/s1. The fourth-order valence-electron chi connectivity index (χ4n) is 3.37. The van der Waals surface area contributed by atoms with Crippen molar-refractivity contribution >= 4 is 12.1 Å². The zero-order chi connectivity index (χ0) is 20.1. The Bertz CT molecular complexity index is 641. The van der Waals surface area contributed by atoms with Crippen molar-refractivity contribution in [3.8, 4) is 0 Å². The second-order valence-electron chi connectivity index (χ2n) is 8.32. The summed E-state index contributed by atoms with van der Waals surface area (Å²) < 4.78 is 5.45. The van der Waals surface area contributed by atoms with Crippen molar-refractivity contribution in [2.75, 3.05) is 13.1 Å². The number of carbonyl (C=O) groups excluding carboxylic acids is 2. The van der Waals surface area contributed by atoms with E-state index in [9.17, 15) is 9.59 Å². The van der Waals surface area contributed by atoms with E-state index in [2.05, 4.69) is 5.48 Å². The van der Waals surface area contributed by atoms with Crippen LogP contribution in [0.4, 0.5) is 4.79 Å². The Morgan fingerprint density at radius 2 is 1.93 bits per heavy atom. The van der Waals surface area contributed by atoms with Gasteiger partial charge in [0.2, 0.25) is 0 Å². The van der Waals surface area contributed by atoms with Gasteiger partial charge in [0, 0.05) is 13.1 Å². The van der Waals surface area contributed by atoms with Crippen molar-refractivity contribution in [2.45, 2.75) is 65.5 Å². The van der Waals surface area contributed by atoms with Crippen LogP contribution in [-0.2, 0) is 14.4 Å². The Balaban J connectivity index is 1.99. The summed E-state index contributed by atoms with van der Waals surface area (Å²) in [5.74, 6) is -0.307. The molecule has 0 spiro atoms. The summed E-state index contributed by atoms with van der Waals surface area (Å²) >= 11 is 0. The zero-order valence-corrected chi connectivity index (χ0v) is 17.1. The quantitative estimate of drug-likeness (QED) is 0.753. The minimum atomic E-state index is -0.685. The molecule has 0 unspecified atom stereocenters. The van der Waals surface area contributed by atoms with E-state index in [1.54, 1.807) is 4.90 Å². The first kappa shape index (κ1) is 21.2. The van der Waals surface area contributed by atoms with Gasteiger partial charge in [-0.3, -0.25) is 0 Å². The monoisotopic (exact) mass is 376 g/mol. The van der Waals surface area contributed by atoms with Gasteiger partial charge in [-0.05, 0) is 46.1 Å². The summed E-state index contributed by atoms with van der Waals surface area (Å²) in [5.41, 5.74) is 2.65. The molecule has 27 heavy (non-hydrogen) atoms. The maximum absolute atomic E-state index is 12.9. The third-order valence-electron chi connectivity index (χ3n) is 4.80. The molecule has 6 nitrogen and oxygen atoms in total. The number of ether oxygens (including phenoxy) is 1. The van der Waals surface area contributed by atoms with Crippen LogP contribution in [0.3, 0.4) is 0 Å². The summed E-state index contributed by atoms with van der Waals surface area (Å²) in [5, 5.41) is 0. The largest absolute Gasteiger partial charge is 0.444 e. The van der Waals surface area contributed by atoms with E-state index < -0.39 is 11.0 Å². The number of nitrogens with one attached hydrogen (secondary N) is 1. The predicted octanol–water partition coefficient (Wildman–Crippen LogP) is 4.22. The second-order valence-corrected chi connectivity index (χ2v) is 8.32. The molecule has 1 fully saturated rings. The van der Waals surface area contributed by atoms with Crippen molar-refractivity contribution < 1.29 is 19.2 Å². The molecule has 1 heterocycles. The fraction of sp³-hybridized carbons (Fsp3) is 0.619. The Kier molecular flexibility index (Phi) is 6.87. The number of hydrogen-bond donors (Lipinski definition) is 1. The Morgan fingerprint density at radius 1 is 1.26 bits per heavy atom. The van der Waals surface area contributed by atoms with E-state index in [0.29, 0.717) is 25.9 Å². The van der Waals surface area contributed by atoms with Crippen LogP contribution in [0.25, 0.3) is 0 Å². The lowest BCUT2D eigenvalue weighted by molar-refractivity contribution is -0.165. The Morgan fingerprint density at radius 3 is 2.52 bits per heavy atom. The van der Waals surface area contributed by atoms with Crippen molar-refractivity contribution in [3.05, 3.63) is 35.9 Å². The van der Waals surface area contributed by atoms with Crippen LogP contribution < -0.4 is 5.48 Å². The molecule has 1 aromatic carbocycles. The molecule has 6 heteroatoms. The highest BCUT2D eigenvalue weighted by atomic mass is 16.7. The van der Waals surface area contributed by atoms with Crippen molar-refractivity contribution in [2.24, 2.45) is 5.41 Å². The first-order valence-electron chi connectivity index (χ1n) is 9.66. The molecule has 0 aromatic heterocycles. The molecule has 1 aliphatic heterocycles. The van der Waals surface area contributed by atoms with Gasteiger partial charge < -0.3 is 14.5 Å². The summed E-state index contributed by atoms with van der Waals surface area (Å²) in [6.07, 6.45) is 1.72. The van der Waals surface area contributed by atoms with Crippen LogP contribution in [0.2, 0.25) is 0 Å². The minimum Gasteiger partial charge on any atom is -0.444 e. The number of hydrogen-bond acceptors (Lipinski definition) is 5. The van der Waals surface area contributed by atoms with Crippen LogP contribution in [0.1, 0.15) is 65.5 Å². The van der Waals surface area contributed by atoms with E-state index in [-0.39, 0.29) is 18.1 Å². The fourth-order valence-corrected chi connectivity index (χ4v) is 3.37. The molecule has 0 aliphatic carbocycles. The van der Waals surface area contributed by atoms with Gasteiger partial charge in [0.25, 0.3) is 0 Å². The number of amides is 1. The lowest BCUT2D eigenvalue weighted by Crippen LogP contribution is -2.41. The molecule has 2 atom stereocenters. The molecule has 150 valence electrons. The van der Waals surface area contributed by atoms with Crippen LogP contribution in [-0.4, -0.2) is 35.7 Å². The van der Waals surface area contributed by atoms with Crippen LogP contribution in [0.5, 0.6) is 0 Å². The molecule has 2 rings (SSSR count). The lowest BCUT2D eigenvalue weighted by atomic mass is 9.83. The molecule has 1 N–H and O–H groups in total. The van der Waals surface area contributed by atoms with Crippen LogP contribution >= 0.6 is 0 Å². The average molecular weight is 376 g/mol. The zero-order valence-electron chi connectivity index (χ0n) is 17.1. The van der Waals surface area contributed by atoms with Crippen molar-refractivity contribution in [1.82, 2.24) is 10.4 Å². The molecule has 0 bridgehead atoms. The minimum absolute atomic E-state index is 0.114. The highest BCUT2D eigenvalue weighted by Gasteiger charge is 2.47. The number of likely N-dealkylation sites (tertiary alicyclic amines) is 1. The van der Waals surface area contributed by atoms with Crippen LogP contribution in [0.15, 0.2) is 30.3 Å². The molecule has 1 aliphatic rings. The number of hydroxylamine groups is 1. The number of nitrogens with zero attached hydrogens (tertiary/aromatic N) is 1. The van der Waals surface area contributed by atoms with E-state index in [1.807, 2.05) is 65.0 Å². The normalized spacial score (nSPS) is 21.0. The summed E-state index contributed by atoms with van der Waals surface area (Å²) in [7, 11) is 0. The Hall–Kier alpha value is -2.08. The lowest BCUT2D eigenvalue weighted by Gasteiger charge is -2.28. The van der Waals surface area contributed by atoms with E-state index in [0.717, 1.165) is 12.0 Å². The van der Waals surface area contributed by atoms with Gasteiger partial charge in [-0.25, -0.2) is 9.59 Å². The molecule has 1 amide bonds. The molecular formula is C21H32N2O4. The third-order valence-corrected chi connectivity index (χ3v) is 4.80. The van der Waals surface area contributed by atoms with Gasteiger partial charge in [0.15, 0.2) is 0 Å². The summed E-state index contributed by atoms with van der Waals surface area (Å²) in [6, 6.07) is 9.69. The SMILES string of the molecule is CCC[C@]1(C(=O)ON[C@H](C)c2ccccc2)CCN(C(=O)OC(C)(C)C)C1. The predicted molar refractivity (Wildman–Crippen MR) is 104 cm³/mol. The van der Waals surface area contributed by atoms with Crippen molar-refractivity contribution in [3.63, 3.8) is 0 Å². The topological polar surface area (TPSA) is 67.9 Å². The summed E-state index contributed by atoms with van der Waals surface area (Å²) in [4.78, 5) is 32.3. The molecule has 1 aromatic rings. The van der Waals surface area contributed by atoms with E-state index in [4.69, 9.17) is 9.57 Å². The molecule has 1 saturated heterocycles. The molecular weight excluding hydrogens is 344 g/mol. The van der Waals surface area contributed by atoms with Gasteiger partial charge in [-0.1, -0.05) is 43.7 Å². The van der Waals surface area contributed by atoms with Gasteiger partial charge in [-0.15, -0.1) is 5.48 Å². The second kappa shape index (κ2) is 8.74. The average Bonchev–Trinajstić information content (AvgIpc) is 3.05. The van der Waals surface area contributed by atoms with Gasteiger partial charge in [0.05, 0.1) is 11.5 Å². The first-order chi connectivity index (χ1) is 12.7. The highest BCUT2D eigenvalue weighted by Crippen LogP contribution is 2.37. The number of benzene rings is 1. The van der Waals surface area contributed by atoms with Gasteiger partial charge >= 0.3 is 12.1 Å². The number of carbonyl (C=O) groups is 2. The number of rotatable bonds is 6. The maximum Gasteiger partial charge on any atom is 0.410 e. The van der Waals surface area contributed by atoms with Crippen LogP contribution in [0, 0.1) is 5.41 Å².